The first-order chi connectivity index (χ1) is 13.6. The molecule has 2 fully saturated rings. The summed E-state index contributed by atoms with van der Waals surface area (Å²) in [5, 5.41) is 3.86. The van der Waals surface area contributed by atoms with Gasteiger partial charge < -0.3 is 14.6 Å². The number of para-hydroxylation sites is 1. The minimum Gasteiger partial charge on any atom is -0.455 e. The Kier molecular flexibility index (Phi) is 5.19. The summed E-state index contributed by atoms with van der Waals surface area (Å²) in [5.41, 5.74) is 2.17. The maximum atomic E-state index is 13.3. The molecule has 2 saturated heterocycles. The van der Waals surface area contributed by atoms with E-state index in [1.807, 2.05) is 35.2 Å². The molecule has 2 atom stereocenters. The highest BCUT2D eigenvalue weighted by atomic mass is 35.5. The van der Waals surface area contributed by atoms with Crippen molar-refractivity contribution in [2.24, 2.45) is 11.8 Å². The van der Waals surface area contributed by atoms with Crippen molar-refractivity contribution in [3.05, 3.63) is 69.9 Å². The van der Waals surface area contributed by atoms with Gasteiger partial charge in [0, 0.05) is 37.3 Å². The van der Waals surface area contributed by atoms with Crippen LogP contribution in [0.5, 0.6) is 0 Å². The topological polar surface area (TPSA) is 62.6 Å². The van der Waals surface area contributed by atoms with Gasteiger partial charge in [-0.1, -0.05) is 36.4 Å². The zero-order valence-corrected chi connectivity index (χ0v) is 17.0. The van der Waals surface area contributed by atoms with Gasteiger partial charge in [0.05, 0.1) is 10.9 Å². The summed E-state index contributed by atoms with van der Waals surface area (Å²) in [5.74, 6) is 1.52. The Hall–Kier alpha value is -2.63. The zero-order chi connectivity index (χ0) is 19.3. The minimum atomic E-state index is -0.0859. The number of benzene rings is 2. The smallest absolute Gasteiger partial charge is 0.257 e. The summed E-state index contributed by atoms with van der Waals surface area (Å²) in [6.07, 6.45) is 0. The van der Waals surface area contributed by atoms with Crippen molar-refractivity contribution in [3.8, 4) is 11.3 Å². The van der Waals surface area contributed by atoms with Gasteiger partial charge in [-0.25, -0.2) is 0 Å². The van der Waals surface area contributed by atoms with Gasteiger partial charge in [0.2, 0.25) is 0 Å². The normalized spacial score (nSPS) is 20.5. The molecule has 0 saturated carbocycles. The molecule has 150 valence electrons. The van der Waals surface area contributed by atoms with Gasteiger partial charge in [-0.05, 0) is 30.9 Å². The Bertz CT molecular complexity index is 1110. The van der Waals surface area contributed by atoms with E-state index in [1.165, 1.54) is 0 Å². The van der Waals surface area contributed by atoms with Crippen molar-refractivity contribution >= 4 is 29.3 Å². The molecular weight excluding hydrogens is 388 g/mol. The summed E-state index contributed by atoms with van der Waals surface area (Å²) in [7, 11) is 0. The van der Waals surface area contributed by atoms with Gasteiger partial charge in [-0.15, -0.1) is 12.4 Å². The predicted octanol–water partition coefficient (Wildman–Crippen LogP) is 3.48. The summed E-state index contributed by atoms with van der Waals surface area (Å²) in [4.78, 5) is 28.2. The monoisotopic (exact) mass is 410 g/mol. The van der Waals surface area contributed by atoms with Crippen LogP contribution in [0.15, 0.2) is 57.7 Å². The molecule has 2 aromatic carbocycles. The van der Waals surface area contributed by atoms with Gasteiger partial charge in [0.25, 0.3) is 5.91 Å². The van der Waals surface area contributed by atoms with Crippen LogP contribution in [0.4, 0.5) is 0 Å². The number of nitrogens with one attached hydrogen (secondary N) is 1. The average Bonchev–Trinajstić information content (AvgIpc) is 3.33. The number of hydrogen-bond donors (Lipinski definition) is 1. The molecule has 0 bridgehead atoms. The van der Waals surface area contributed by atoms with Crippen LogP contribution in [0, 0.1) is 18.8 Å². The molecule has 2 aliphatic rings. The first-order valence-corrected chi connectivity index (χ1v) is 9.75. The number of likely N-dealkylation sites (tertiary alicyclic amines) is 1. The van der Waals surface area contributed by atoms with Crippen LogP contribution < -0.4 is 10.7 Å². The van der Waals surface area contributed by atoms with Gasteiger partial charge in [-0.2, -0.15) is 0 Å². The van der Waals surface area contributed by atoms with Gasteiger partial charge in [0.15, 0.2) is 11.0 Å². The number of rotatable bonds is 2. The summed E-state index contributed by atoms with van der Waals surface area (Å²) < 4.78 is 6.21. The van der Waals surface area contributed by atoms with Crippen molar-refractivity contribution in [1.29, 1.82) is 0 Å². The van der Waals surface area contributed by atoms with Crippen LogP contribution in [0.2, 0.25) is 0 Å². The van der Waals surface area contributed by atoms with E-state index in [0.717, 1.165) is 31.7 Å². The third-order valence-corrected chi connectivity index (χ3v) is 6.09. The van der Waals surface area contributed by atoms with Crippen molar-refractivity contribution in [2.45, 2.75) is 6.92 Å². The summed E-state index contributed by atoms with van der Waals surface area (Å²) in [6, 6.07) is 14.8. The number of carbonyl (C=O) groups excluding carboxylic acids is 1. The highest BCUT2D eigenvalue weighted by Gasteiger charge is 2.38. The summed E-state index contributed by atoms with van der Waals surface area (Å²) >= 11 is 0. The van der Waals surface area contributed by atoms with Crippen LogP contribution in [-0.2, 0) is 0 Å². The first-order valence-electron chi connectivity index (χ1n) is 9.75. The number of fused-ring (bicyclic) bond motifs is 2. The Morgan fingerprint density at radius 1 is 1.03 bits per heavy atom. The van der Waals surface area contributed by atoms with Crippen molar-refractivity contribution in [3.63, 3.8) is 0 Å². The molecule has 1 N–H and O–H groups in total. The molecule has 0 spiro atoms. The lowest BCUT2D eigenvalue weighted by Gasteiger charge is -2.18. The summed E-state index contributed by atoms with van der Waals surface area (Å²) in [6.45, 7) is 5.23. The highest BCUT2D eigenvalue weighted by molar-refractivity contribution is 6.05. The van der Waals surface area contributed by atoms with Gasteiger partial charge in [0.1, 0.15) is 5.76 Å². The molecule has 5 rings (SSSR count). The number of hydrogen-bond acceptors (Lipinski definition) is 4. The zero-order valence-electron chi connectivity index (χ0n) is 16.2. The first kappa shape index (κ1) is 19.7. The molecule has 3 heterocycles. The number of carbonyl (C=O) groups is 1. The maximum Gasteiger partial charge on any atom is 0.257 e. The molecule has 1 aromatic heterocycles. The van der Waals surface area contributed by atoms with Crippen LogP contribution >= 0.6 is 12.4 Å². The molecule has 6 heteroatoms. The predicted molar refractivity (Wildman–Crippen MR) is 116 cm³/mol. The highest BCUT2D eigenvalue weighted by Crippen LogP contribution is 2.31. The van der Waals surface area contributed by atoms with Gasteiger partial charge in [-0.3, -0.25) is 9.59 Å². The van der Waals surface area contributed by atoms with Crippen molar-refractivity contribution in [1.82, 2.24) is 10.2 Å². The molecule has 3 aromatic rings. The van der Waals surface area contributed by atoms with E-state index in [-0.39, 0.29) is 23.7 Å². The lowest BCUT2D eigenvalue weighted by molar-refractivity contribution is 0.0782. The molecule has 0 aliphatic carbocycles. The second kappa shape index (κ2) is 7.65. The van der Waals surface area contributed by atoms with Crippen LogP contribution in [0.3, 0.4) is 0 Å². The van der Waals surface area contributed by atoms with E-state index >= 15 is 0 Å². The second-order valence-corrected chi connectivity index (χ2v) is 7.82. The average molecular weight is 411 g/mol. The molecule has 29 heavy (non-hydrogen) atoms. The van der Waals surface area contributed by atoms with Gasteiger partial charge >= 0.3 is 0 Å². The quantitative estimate of drug-likeness (QED) is 0.702. The Labute approximate surface area is 175 Å². The van der Waals surface area contributed by atoms with E-state index in [2.05, 4.69) is 5.32 Å². The Balaban J connectivity index is 0.00000205. The van der Waals surface area contributed by atoms with E-state index in [0.29, 0.717) is 39.7 Å². The fourth-order valence-electron chi connectivity index (χ4n) is 4.53. The van der Waals surface area contributed by atoms with Crippen molar-refractivity contribution < 1.29 is 9.21 Å². The second-order valence-electron chi connectivity index (χ2n) is 7.82. The number of halogens is 1. The van der Waals surface area contributed by atoms with E-state index < -0.39 is 0 Å². The third-order valence-electron chi connectivity index (χ3n) is 6.09. The van der Waals surface area contributed by atoms with E-state index in [1.54, 1.807) is 25.1 Å². The molecular formula is C23H23ClN2O3. The standard InChI is InChI=1S/C23H22N2O3.ClH/c1-14-20(26)18-8-5-9-19(22(18)28-21(14)15-6-3-2-4-7-15)23(27)25-12-16-10-24-11-17(16)13-25;/h2-9,16-17,24H,10-13H2,1H3;1H/t16-,17+;. The Morgan fingerprint density at radius 2 is 1.72 bits per heavy atom. The fraction of sp³-hybridized carbons (Fsp3) is 0.304. The number of nitrogens with zero attached hydrogens (tertiary/aromatic N) is 1. The van der Waals surface area contributed by atoms with E-state index in [9.17, 15) is 9.59 Å². The Morgan fingerprint density at radius 3 is 2.41 bits per heavy atom. The van der Waals surface area contributed by atoms with E-state index in [4.69, 9.17) is 4.42 Å². The third kappa shape index (κ3) is 3.24. The van der Waals surface area contributed by atoms with Crippen LogP contribution in [-0.4, -0.2) is 37.0 Å². The number of amides is 1. The molecule has 0 radical (unpaired) electrons. The molecule has 5 nitrogen and oxygen atoms in total. The largest absolute Gasteiger partial charge is 0.455 e. The maximum absolute atomic E-state index is 13.3. The fourth-order valence-corrected chi connectivity index (χ4v) is 4.53. The minimum absolute atomic E-state index is 0. The molecule has 1 amide bonds. The molecule has 0 unspecified atom stereocenters. The van der Waals surface area contributed by atoms with Crippen molar-refractivity contribution in [2.75, 3.05) is 26.2 Å². The molecule has 2 aliphatic heterocycles. The lowest BCUT2D eigenvalue weighted by atomic mass is 10.0. The SMILES string of the molecule is Cc1c(-c2ccccc2)oc2c(C(=O)N3C[C@H]4CNC[C@H]4C3)cccc2c1=O.Cl. The lowest BCUT2D eigenvalue weighted by Crippen LogP contribution is -2.32. The van der Waals surface area contributed by atoms with Crippen LogP contribution in [0.1, 0.15) is 15.9 Å². The van der Waals surface area contributed by atoms with Crippen LogP contribution in [0.25, 0.3) is 22.3 Å².